The van der Waals surface area contributed by atoms with Crippen LogP contribution in [0.5, 0.6) is 0 Å². The monoisotopic (exact) mass is 410 g/mol. The highest BCUT2D eigenvalue weighted by Crippen LogP contribution is 2.37. The Balaban J connectivity index is 1.77. The minimum atomic E-state index is -0.554. The first kappa shape index (κ1) is 17.8. The molecule has 1 fully saturated rings. The van der Waals surface area contributed by atoms with Crippen LogP contribution in [0.2, 0.25) is 0 Å². The highest BCUT2D eigenvalue weighted by molar-refractivity contribution is 7.15. The molecule has 1 saturated heterocycles. The predicted molar refractivity (Wildman–Crippen MR) is 108 cm³/mol. The van der Waals surface area contributed by atoms with Crippen molar-refractivity contribution in [3.8, 4) is 16.3 Å². The normalized spacial score (nSPS) is 14.6. The van der Waals surface area contributed by atoms with Gasteiger partial charge in [-0.3, -0.25) is 9.89 Å². The van der Waals surface area contributed by atoms with Gasteiger partial charge in [-0.15, -0.1) is 11.3 Å². The summed E-state index contributed by atoms with van der Waals surface area (Å²) < 4.78 is 7.15. The van der Waals surface area contributed by atoms with E-state index in [0.29, 0.717) is 24.7 Å². The van der Waals surface area contributed by atoms with Gasteiger partial charge in [0.2, 0.25) is 0 Å². The topological polar surface area (TPSA) is 128 Å². The Morgan fingerprint density at radius 2 is 2.10 bits per heavy atom. The molecular formula is C18H18N8O2S. The fourth-order valence-electron chi connectivity index (χ4n) is 3.44. The predicted octanol–water partition coefficient (Wildman–Crippen LogP) is 1.51. The molecule has 0 atom stereocenters. The van der Waals surface area contributed by atoms with Crippen molar-refractivity contribution in [3.63, 3.8) is 0 Å². The maximum absolute atomic E-state index is 12.0. The van der Waals surface area contributed by atoms with Gasteiger partial charge in [-0.1, -0.05) is 0 Å². The average molecular weight is 410 g/mol. The van der Waals surface area contributed by atoms with Crippen molar-refractivity contribution in [1.29, 1.82) is 0 Å². The van der Waals surface area contributed by atoms with Crippen molar-refractivity contribution in [1.82, 2.24) is 29.9 Å². The molecule has 4 aromatic rings. The van der Waals surface area contributed by atoms with Crippen molar-refractivity contribution in [2.45, 2.75) is 6.92 Å². The lowest BCUT2D eigenvalue weighted by molar-refractivity contribution is 0.0996. The summed E-state index contributed by atoms with van der Waals surface area (Å²) in [4.78, 5) is 24.1. The zero-order valence-corrected chi connectivity index (χ0v) is 16.4. The Bertz CT molecular complexity index is 1190. The van der Waals surface area contributed by atoms with E-state index in [1.54, 1.807) is 17.1 Å². The number of H-pyrrole nitrogens is 1. The number of carbonyl (C=O) groups is 1. The lowest BCUT2D eigenvalue weighted by Crippen LogP contribution is -2.36. The molecule has 0 aromatic carbocycles. The number of rotatable bonds is 4. The quantitative estimate of drug-likeness (QED) is 0.522. The molecule has 0 aliphatic carbocycles. The molecule has 1 amide bonds. The van der Waals surface area contributed by atoms with E-state index in [-0.39, 0.29) is 5.69 Å². The SMILES string of the molecule is Cc1nc(C(N)=O)c(-c2cc(N3CCOCC3)nc3c2cnn3-c2cc[nH]n2)s1. The number of ether oxygens (including phenoxy) is 1. The number of thiazole rings is 1. The van der Waals surface area contributed by atoms with Crippen LogP contribution in [0.25, 0.3) is 27.3 Å². The van der Waals surface area contributed by atoms with E-state index in [0.717, 1.165) is 39.7 Å². The van der Waals surface area contributed by atoms with Crippen LogP contribution in [-0.2, 0) is 4.74 Å². The fourth-order valence-corrected chi connectivity index (χ4v) is 4.40. The summed E-state index contributed by atoms with van der Waals surface area (Å²) >= 11 is 1.43. The summed E-state index contributed by atoms with van der Waals surface area (Å²) in [5, 5.41) is 13.1. The molecule has 10 nitrogen and oxygen atoms in total. The summed E-state index contributed by atoms with van der Waals surface area (Å²) in [5.41, 5.74) is 7.35. The van der Waals surface area contributed by atoms with Gasteiger partial charge in [-0.2, -0.15) is 14.9 Å². The number of morpholine rings is 1. The molecule has 148 valence electrons. The molecule has 3 N–H and O–H groups in total. The Kier molecular flexibility index (Phi) is 4.25. The number of aromatic nitrogens is 6. The van der Waals surface area contributed by atoms with E-state index in [1.807, 2.05) is 19.1 Å². The minimum Gasteiger partial charge on any atom is -0.378 e. The van der Waals surface area contributed by atoms with Crippen molar-refractivity contribution >= 4 is 34.1 Å². The zero-order chi connectivity index (χ0) is 20.0. The number of primary amides is 1. The molecule has 0 unspecified atom stereocenters. The molecule has 1 aliphatic rings. The molecule has 1 aliphatic heterocycles. The van der Waals surface area contributed by atoms with Gasteiger partial charge >= 0.3 is 0 Å². The molecule has 11 heteroatoms. The third-order valence-corrected chi connectivity index (χ3v) is 5.78. The summed E-state index contributed by atoms with van der Waals surface area (Å²) in [6.45, 7) is 4.60. The molecule has 5 heterocycles. The Morgan fingerprint density at radius 1 is 1.28 bits per heavy atom. The number of anilines is 1. The smallest absolute Gasteiger partial charge is 0.268 e. The number of pyridine rings is 1. The van der Waals surface area contributed by atoms with E-state index in [4.69, 9.17) is 15.5 Å². The van der Waals surface area contributed by atoms with Gasteiger partial charge in [-0.05, 0) is 13.0 Å². The molecule has 4 aromatic heterocycles. The molecular weight excluding hydrogens is 392 g/mol. The Labute approximate surface area is 169 Å². The number of aromatic amines is 1. The van der Waals surface area contributed by atoms with E-state index in [2.05, 4.69) is 25.2 Å². The van der Waals surface area contributed by atoms with Crippen LogP contribution in [0.3, 0.4) is 0 Å². The first-order chi connectivity index (χ1) is 14.1. The minimum absolute atomic E-state index is 0.264. The van der Waals surface area contributed by atoms with Crippen LogP contribution in [-0.4, -0.2) is 62.2 Å². The standard InChI is InChI=1S/C18H18N8O2S/c1-10-22-15(17(19)27)16(29-10)11-8-14(25-4-6-28-7-5-25)23-18-12(11)9-21-26(18)13-2-3-20-24-13/h2-3,8-9H,4-7H2,1H3,(H2,19,27)(H,20,24). The van der Waals surface area contributed by atoms with Crippen LogP contribution in [0, 0.1) is 6.92 Å². The lowest BCUT2D eigenvalue weighted by atomic mass is 10.1. The van der Waals surface area contributed by atoms with Crippen LogP contribution in [0.15, 0.2) is 24.5 Å². The van der Waals surface area contributed by atoms with E-state index < -0.39 is 5.91 Å². The van der Waals surface area contributed by atoms with Gasteiger partial charge in [0.1, 0.15) is 11.5 Å². The second-order valence-corrected chi connectivity index (χ2v) is 7.83. The second-order valence-electron chi connectivity index (χ2n) is 6.63. The first-order valence-corrected chi connectivity index (χ1v) is 9.92. The fraction of sp³-hybridized carbons (Fsp3) is 0.278. The van der Waals surface area contributed by atoms with Crippen molar-refractivity contribution in [2.75, 3.05) is 31.2 Å². The van der Waals surface area contributed by atoms with Crippen molar-refractivity contribution in [3.05, 3.63) is 35.2 Å². The van der Waals surface area contributed by atoms with Gasteiger partial charge in [0, 0.05) is 36.3 Å². The number of nitrogens with zero attached hydrogens (tertiary/aromatic N) is 6. The number of hydrogen-bond donors (Lipinski definition) is 2. The van der Waals surface area contributed by atoms with Crippen LogP contribution in [0.4, 0.5) is 5.82 Å². The summed E-state index contributed by atoms with van der Waals surface area (Å²) in [6.07, 6.45) is 3.46. The molecule has 0 saturated carbocycles. The van der Waals surface area contributed by atoms with Crippen LogP contribution in [0.1, 0.15) is 15.5 Å². The van der Waals surface area contributed by atoms with E-state index in [1.165, 1.54) is 11.3 Å². The molecule has 0 bridgehead atoms. The molecule has 5 rings (SSSR count). The lowest BCUT2D eigenvalue weighted by Gasteiger charge is -2.28. The third-order valence-electron chi connectivity index (χ3n) is 4.78. The van der Waals surface area contributed by atoms with Crippen molar-refractivity contribution < 1.29 is 9.53 Å². The maximum Gasteiger partial charge on any atom is 0.268 e. The first-order valence-electron chi connectivity index (χ1n) is 9.11. The van der Waals surface area contributed by atoms with Gasteiger partial charge in [-0.25, -0.2) is 9.97 Å². The Morgan fingerprint density at radius 3 is 2.83 bits per heavy atom. The highest BCUT2D eigenvalue weighted by Gasteiger charge is 2.23. The number of nitrogens with two attached hydrogens (primary N) is 1. The van der Waals surface area contributed by atoms with Gasteiger partial charge in [0.25, 0.3) is 5.91 Å². The molecule has 0 radical (unpaired) electrons. The summed E-state index contributed by atoms with van der Waals surface area (Å²) in [7, 11) is 0. The number of hydrogen-bond acceptors (Lipinski definition) is 8. The number of nitrogens with one attached hydrogen (secondary N) is 1. The zero-order valence-electron chi connectivity index (χ0n) is 15.6. The molecule has 29 heavy (non-hydrogen) atoms. The number of aryl methyl sites for hydroxylation is 1. The van der Waals surface area contributed by atoms with E-state index >= 15 is 0 Å². The molecule has 0 spiro atoms. The van der Waals surface area contributed by atoms with Crippen LogP contribution >= 0.6 is 11.3 Å². The third kappa shape index (κ3) is 3.04. The number of amides is 1. The van der Waals surface area contributed by atoms with Gasteiger partial charge < -0.3 is 15.4 Å². The van der Waals surface area contributed by atoms with E-state index in [9.17, 15) is 4.79 Å². The Hall–Kier alpha value is -3.31. The summed E-state index contributed by atoms with van der Waals surface area (Å²) in [6, 6.07) is 3.80. The van der Waals surface area contributed by atoms with Crippen molar-refractivity contribution in [2.24, 2.45) is 5.73 Å². The second kappa shape index (κ2) is 6.94. The largest absolute Gasteiger partial charge is 0.378 e. The average Bonchev–Trinajstić information content (AvgIpc) is 3.46. The number of carbonyl (C=O) groups excluding carboxylic acids is 1. The summed E-state index contributed by atoms with van der Waals surface area (Å²) in [5.74, 6) is 0.865. The number of fused-ring (bicyclic) bond motifs is 1. The highest BCUT2D eigenvalue weighted by atomic mass is 32.1. The van der Waals surface area contributed by atoms with Crippen LogP contribution < -0.4 is 10.6 Å². The van der Waals surface area contributed by atoms with Gasteiger partial charge in [0.05, 0.1) is 29.3 Å². The van der Waals surface area contributed by atoms with Gasteiger partial charge in [0.15, 0.2) is 11.5 Å². The maximum atomic E-state index is 12.0.